The number of carbonyl (C=O) groups excluding carboxylic acids is 2. The summed E-state index contributed by atoms with van der Waals surface area (Å²) in [6.45, 7) is -0.848. The molecule has 1 N–H and O–H groups in total. The van der Waals surface area contributed by atoms with E-state index in [4.69, 9.17) is 16.3 Å². The Bertz CT molecular complexity index is 1120. The highest BCUT2D eigenvalue weighted by Gasteiger charge is 2.37. The Morgan fingerprint density at radius 3 is 2.48 bits per heavy atom. The number of amides is 2. The van der Waals surface area contributed by atoms with E-state index in [0.717, 1.165) is 17.0 Å². The molecule has 1 heterocycles. The molecule has 1 aliphatic rings. The lowest BCUT2D eigenvalue weighted by Gasteiger charge is -2.29. The van der Waals surface area contributed by atoms with Crippen molar-refractivity contribution < 1.29 is 23.1 Å². The highest BCUT2D eigenvalue weighted by molar-refractivity contribution is 6.30. The number of ether oxygens (including phenoxy) is 1. The molecule has 0 spiro atoms. The molecule has 0 saturated heterocycles. The zero-order valence-electron chi connectivity index (χ0n) is 16.1. The first-order chi connectivity index (χ1) is 14.9. The molecule has 3 aromatic rings. The Labute approximate surface area is 182 Å². The fraction of sp³-hybridized carbons (Fsp3) is 0.130. The maximum absolute atomic E-state index is 14.3. The number of carbonyl (C=O) groups is 2. The van der Waals surface area contributed by atoms with Gasteiger partial charge in [-0.15, -0.1) is 0 Å². The lowest BCUT2D eigenvalue weighted by molar-refractivity contribution is -0.140. The van der Waals surface area contributed by atoms with Gasteiger partial charge in [0.05, 0.1) is 6.54 Å². The summed E-state index contributed by atoms with van der Waals surface area (Å²) in [5, 5.41) is 3.07. The Kier molecular flexibility index (Phi) is 5.86. The van der Waals surface area contributed by atoms with Crippen molar-refractivity contribution in [1.82, 2.24) is 4.90 Å². The molecular weight excluding hydrogens is 426 g/mol. The number of nitrogens with one attached hydrogen (secondary N) is 1. The molecule has 0 aromatic heterocycles. The van der Waals surface area contributed by atoms with Gasteiger partial charge in [-0.2, -0.15) is 0 Å². The van der Waals surface area contributed by atoms with Gasteiger partial charge in [0.15, 0.2) is 6.61 Å². The minimum absolute atomic E-state index is 0.294. The fourth-order valence-electron chi connectivity index (χ4n) is 3.45. The molecule has 1 atom stereocenters. The van der Waals surface area contributed by atoms with E-state index < -0.39 is 36.0 Å². The first kappa shape index (κ1) is 20.8. The van der Waals surface area contributed by atoms with Gasteiger partial charge in [-0.3, -0.25) is 9.59 Å². The smallest absolute Gasteiger partial charge is 0.261 e. The second-order valence-electron chi connectivity index (χ2n) is 6.95. The Hall–Kier alpha value is -3.45. The molecule has 1 unspecified atom stereocenters. The number of fused-ring (bicyclic) bond motifs is 1. The molecule has 31 heavy (non-hydrogen) atoms. The van der Waals surface area contributed by atoms with Gasteiger partial charge in [0, 0.05) is 21.8 Å². The van der Waals surface area contributed by atoms with Gasteiger partial charge in [-0.1, -0.05) is 35.9 Å². The third-order valence-electron chi connectivity index (χ3n) is 4.93. The number of anilines is 1. The summed E-state index contributed by atoms with van der Waals surface area (Å²) in [5.74, 6) is -2.49. The standard InChI is InChI=1S/C23H17ClF2N2O3/c24-14-9-10-20-16(11-14)22(23(30)27-15-5-2-1-3-6-15)28(21(29)13-31-20)12-17-18(25)7-4-8-19(17)26/h1-11,22H,12-13H2,(H,27,30). The fourth-order valence-corrected chi connectivity index (χ4v) is 3.63. The van der Waals surface area contributed by atoms with Crippen molar-refractivity contribution >= 4 is 29.1 Å². The molecule has 0 radical (unpaired) electrons. The van der Waals surface area contributed by atoms with Gasteiger partial charge >= 0.3 is 0 Å². The molecule has 0 saturated carbocycles. The van der Waals surface area contributed by atoms with E-state index in [1.165, 1.54) is 12.1 Å². The monoisotopic (exact) mass is 442 g/mol. The topological polar surface area (TPSA) is 58.6 Å². The predicted octanol–water partition coefficient (Wildman–Crippen LogP) is 4.72. The maximum atomic E-state index is 14.3. The Morgan fingerprint density at radius 2 is 1.77 bits per heavy atom. The summed E-state index contributed by atoms with van der Waals surface area (Å²) in [6.07, 6.45) is 0. The van der Waals surface area contributed by atoms with E-state index >= 15 is 0 Å². The minimum atomic E-state index is -1.22. The quantitative estimate of drug-likeness (QED) is 0.636. The Balaban J connectivity index is 1.79. The highest BCUT2D eigenvalue weighted by Crippen LogP contribution is 2.36. The predicted molar refractivity (Wildman–Crippen MR) is 112 cm³/mol. The molecule has 8 heteroatoms. The summed E-state index contributed by atoms with van der Waals surface area (Å²) >= 11 is 6.14. The molecule has 0 bridgehead atoms. The van der Waals surface area contributed by atoms with Crippen LogP contribution in [-0.2, 0) is 16.1 Å². The summed E-state index contributed by atoms with van der Waals surface area (Å²) < 4.78 is 34.2. The van der Waals surface area contributed by atoms with Gasteiger partial charge < -0.3 is 15.0 Å². The highest BCUT2D eigenvalue weighted by atomic mass is 35.5. The van der Waals surface area contributed by atoms with Crippen LogP contribution in [0.1, 0.15) is 17.2 Å². The molecule has 0 fully saturated rings. The summed E-state index contributed by atoms with van der Waals surface area (Å²) in [4.78, 5) is 27.3. The molecular formula is C23H17ClF2N2O3. The van der Waals surface area contributed by atoms with Crippen LogP contribution < -0.4 is 10.1 Å². The van der Waals surface area contributed by atoms with Gasteiger partial charge in [0.25, 0.3) is 11.8 Å². The number of nitrogens with zero attached hydrogens (tertiary/aromatic N) is 1. The second-order valence-corrected chi connectivity index (χ2v) is 7.39. The van der Waals surface area contributed by atoms with E-state index in [1.54, 1.807) is 42.5 Å². The number of benzene rings is 3. The molecule has 3 aromatic carbocycles. The van der Waals surface area contributed by atoms with Gasteiger partial charge in [0.1, 0.15) is 23.4 Å². The summed E-state index contributed by atoms with van der Waals surface area (Å²) in [6, 6.07) is 15.5. The lowest BCUT2D eigenvalue weighted by atomic mass is 10.0. The van der Waals surface area contributed by atoms with Crippen molar-refractivity contribution in [3.63, 3.8) is 0 Å². The lowest BCUT2D eigenvalue weighted by Crippen LogP contribution is -2.41. The zero-order valence-corrected chi connectivity index (χ0v) is 16.9. The average Bonchev–Trinajstić information content (AvgIpc) is 2.88. The number of hydrogen-bond acceptors (Lipinski definition) is 3. The largest absolute Gasteiger partial charge is 0.483 e. The molecule has 1 aliphatic heterocycles. The number of halogens is 3. The van der Waals surface area contributed by atoms with Crippen molar-refractivity contribution in [2.45, 2.75) is 12.6 Å². The van der Waals surface area contributed by atoms with Crippen LogP contribution in [0.2, 0.25) is 5.02 Å². The zero-order chi connectivity index (χ0) is 22.0. The van der Waals surface area contributed by atoms with Crippen LogP contribution in [0.4, 0.5) is 14.5 Å². The van der Waals surface area contributed by atoms with E-state index in [9.17, 15) is 18.4 Å². The number of rotatable bonds is 4. The van der Waals surface area contributed by atoms with Gasteiger partial charge in [-0.05, 0) is 42.5 Å². The first-order valence-electron chi connectivity index (χ1n) is 9.44. The SMILES string of the molecule is O=C(Nc1ccccc1)C1c2cc(Cl)ccc2OCC(=O)N1Cc1c(F)cccc1F. The van der Waals surface area contributed by atoms with Gasteiger partial charge in [-0.25, -0.2) is 8.78 Å². The molecule has 2 amide bonds. The van der Waals surface area contributed by atoms with Crippen LogP contribution in [0.25, 0.3) is 0 Å². The molecule has 158 valence electrons. The molecule has 5 nitrogen and oxygen atoms in total. The van der Waals surface area contributed by atoms with Crippen LogP contribution >= 0.6 is 11.6 Å². The van der Waals surface area contributed by atoms with E-state index in [1.807, 2.05) is 0 Å². The maximum Gasteiger partial charge on any atom is 0.261 e. The van der Waals surface area contributed by atoms with E-state index in [-0.39, 0.29) is 12.2 Å². The van der Waals surface area contributed by atoms with Crippen LogP contribution in [-0.4, -0.2) is 23.3 Å². The van der Waals surface area contributed by atoms with Crippen LogP contribution in [0.3, 0.4) is 0 Å². The minimum Gasteiger partial charge on any atom is -0.483 e. The van der Waals surface area contributed by atoms with Crippen molar-refractivity contribution in [3.8, 4) is 5.75 Å². The van der Waals surface area contributed by atoms with Crippen molar-refractivity contribution in [2.24, 2.45) is 0 Å². The average molecular weight is 443 g/mol. The third-order valence-corrected chi connectivity index (χ3v) is 5.16. The van der Waals surface area contributed by atoms with E-state index in [0.29, 0.717) is 22.0 Å². The number of hydrogen-bond donors (Lipinski definition) is 1. The van der Waals surface area contributed by atoms with Crippen LogP contribution in [0.5, 0.6) is 5.75 Å². The molecule has 4 rings (SSSR count). The van der Waals surface area contributed by atoms with Crippen molar-refractivity contribution in [1.29, 1.82) is 0 Å². The normalized spacial score (nSPS) is 15.6. The Morgan fingerprint density at radius 1 is 1.06 bits per heavy atom. The summed E-state index contributed by atoms with van der Waals surface area (Å²) in [7, 11) is 0. The summed E-state index contributed by atoms with van der Waals surface area (Å²) in [5.41, 5.74) is 0.507. The van der Waals surface area contributed by atoms with Gasteiger partial charge in [0.2, 0.25) is 0 Å². The second kappa shape index (κ2) is 8.73. The number of para-hydroxylation sites is 1. The molecule has 0 aliphatic carbocycles. The van der Waals surface area contributed by atoms with Crippen LogP contribution in [0, 0.1) is 11.6 Å². The third kappa shape index (κ3) is 4.36. The first-order valence-corrected chi connectivity index (χ1v) is 9.82. The van der Waals surface area contributed by atoms with Crippen LogP contribution in [0.15, 0.2) is 66.7 Å². The van der Waals surface area contributed by atoms with E-state index in [2.05, 4.69) is 5.32 Å². The van der Waals surface area contributed by atoms with Crippen molar-refractivity contribution in [3.05, 3.63) is 94.5 Å². The van der Waals surface area contributed by atoms with Crippen molar-refractivity contribution in [2.75, 3.05) is 11.9 Å².